The van der Waals surface area contributed by atoms with Gasteiger partial charge in [0.1, 0.15) is 10.8 Å². The Balaban J connectivity index is 2.06. The fraction of sp³-hybridized carbons (Fsp3) is 0.143. The molecule has 0 bridgehead atoms. The molecule has 0 saturated heterocycles. The standard InChI is InChI=1S/C21H14Cl3NO2/c1-21(2)16-11-6-4-3-5-10(11)7-8-13(16)25-20(21)15-14(26)9-12(22)17(23)18(24)19(15)27/h3-9,27H,1-2H3. The summed E-state index contributed by atoms with van der Waals surface area (Å²) < 4.78 is 0. The molecule has 27 heavy (non-hydrogen) atoms. The van der Waals surface area contributed by atoms with Crippen molar-refractivity contribution in [1.82, 2.24) is 0 Å². The Hall–Kier alpha value is -2.07. The van der Waals surface area contributed by atoms with Gasteiger partial charge in [0.15, 0.2) is 5.43 Å². The van der Waals surface area contributed by atoms with Gasteiger partial charge in [-0.2, -0.15) is 0 Å². The van der Waals surface area contributed by atoms with Crippen LogP contribution in [0.4, 0.5) is 5.69 Å². The molecule has 4 rings (SSSR count). The van der Waals surface area contributed by atoms with Crippen molar-refractivity contribution in [2.24, 2.45) is 4.99 Å². The summed E-state index contributed by atoms with van der Waals surface area (Å²) in [6, 6.07) is 13.0. The van der Waals surface area contributed by atoms with Crippen molar-refractivity contribution in [3.05, 3.63) is 78.9 Å². The van der Waals surface area contributed by atoms with Gasteiger partial charge in [-0.25, -0.2) is 0 Å². The molecule has 0 spiro atoms. The van der Waals surface area contributed by atoms with E-state index < -0.39 is 16.6 Å². The van der Waals surface area contributed by atoms with Crippen molar-refractivity contribution < 1.29 is 5.11 Å². The summed E-state index contributed by atoms with van der Waals surface area (Å²) in [6.07, 6.45) is 0. The number of aliphatic imine (C=N–C) groups is 1. The molecule has 0 amide bonds. The molecule has 3 nitrogen and oxygen atoms in total. The average Bonchev–Trinajstić information content (AvgIpc) is 2.88. The molecule has 0 aliphatic carbocycles. The highest BCUT2D eigenvalue weighted by Gasteiger charge is 2.39. The Kier molecular flexibility index (Phi) is 4.22. The van der Waals surface area contributed by atoms with Gasteiger partial charge in [-0.15, -0.1) is 0 Å². The maximum Gasteiger partial charge on any atom is 0.193 e. The number of halogens is 3. The maximum absolute atomic E-state index is 12.8. The minimum atomic E-state index is -0.635. The summed E-state index contributed by atoms with van der Waals surface area (Å²) in [6.45, 7) is 3.93. The van der Waals surface area contributed by atoms with Gasteiger partial charge < -0.3 is 5.11 Å². The second-order valence-corrected chi connectivity index (χ2v) is 8.14. The van der Waals surface area contributed by atoms with E-state index in [1.807, 2.05) is 50.2 Å². The zero-order valence-corrected chi connectivity index (χ0v) is 16.7. The van der Waals surface area contributed by atoms with Crippen LogP contribution in [0, 0.1) is 0 Å². The Labute approximate surface area is 170 Å². The van der Waals surface area contributed by atoms with Crippen LogP contribution >= 0.6 is 34.8 Å². The number of aromatic hydroxyl groups is 1. The van der Waals surface area contributed by atoms with Gasteiger partial charge in [-0.1, -0.05) is 79.0 Å². The second kappa shape index (κ2) is 6.23. The lowest BCUT2D eigenvalue weighted by Crippen LogP contribution is -2.30. The largest absolute Gasteiger partial charge is 0.505 e. The predicted octanol–water partition coefficient (Wildman–Crippen LogP) is 6.28. The molecule has 1 heterocycles. The van der Waals surface area contributed by atoms with Gasteiger partial charge in [-0.3, -0.25) is 9.79 Å². The minimum Gasteiger partial charge on any atom is -0.505 e. The van der Waals surface area contributed by atoms with Crippen molar-refractivity contribution in [2.45, 2.75) is 19.3 Å². The van der Waals surface area contributed by atoms with Crippen LogP contribution in [0.5, 0.6) is 5.75 Å². The smallest absolute Gasteiger partial charge is 0.193 e. The summed E-state index contributed by atoms with van der Waals surface area (Å²) in [4.78, 5) is 17.5. The van der Waals surface area contributed by atoms with Crippen LogP contribution in [0.2, 0.25) is 15.1 Å². The van der Waals surface area contributed by atoms with Gasteiger partial charge in [0.05, 0.1) is 27.0 Å². The third-order valence-electron chi connectivity index (χ3n) is 4.94. The first kappa shape index (κ1) is 18.3. The van der Waals surface area contributed by atoms with Gasteiger partial charge in [0.25, 0.3) is 0 Å². The number of fused-ring (bicyclic) bond motifs is 3. The molecule has 1 aliphatic heterocycles. The lowest BCUT2D eigenvalue weighted by molar-refractivity contribution is 0.474. The highest BCUT2D eigenvalue weighted by atomic mass is 35.5. The molecule has 0 radical (unpaired) electrons. The van der Waals surface area contributed by atoms with Gasteiger partial charge in [0.2, 0.25) is 0 Å². The zero-order chi connectivity index (χ0) is 19.5. The summed E-state index contributed by atoms with van der Waals surface area (Å²) in [7, 11) is 0. The van der Waals surface area contributed by atoms with Crippen LogP contribution in [0.15, 0.2) is 52.3 Å². The highest BCUT2D eigenvalue weighted by Crippen LogP contribution is 2.47. The van der Waals surface area contributed by atoms with Crippen LogP contribution in [0.25, 0.3) is 10.8 Å². The summed E-state index contributed by atoms with van der Waals surface area (Å²) in [5.74, 6) is -0.414. The first-order valence-electron chi connectivity index (χ1n) is 8.26. The molecular formula is C21H14Cl3NO2. The molecule has 0 atom stereocenters. The Morgan fingerprint density at radius 2 is 1.70 bits per heavy atom. The van der Waals surface area contributed by atoms with Crippen molar-refractivity contribution in [3.63, 3.8) is 0 Å². The van der Waals surface area contributed by atoms with E-state index in [0.717, 1.165) is 28.1 Å². The van der Waals surface area contributed by atoms with Crippen molar-refractivity contribution >= 4 is 57.0 Å². The van der Waals surface area contributed by atoms with Gasteiger partial charge in [0, 0.05) is 11.5 Å². The van der Waals surface area contributed by atoms with Crippen LogP contribution in [-0.2, 0) is 5.41 Å². The molecule has 136 valence electrons. The minimum absolute atomic E-state index is 0.0130. The van der Waals surface area contributed by atoms with Gasteiger partial charge >= 0.3 is 0 Å². The fourth-order valence-corrected chi connectivity index (χ4v) is 4.25. The number of benzene rings is 2. The molecule has 3 aromatic carbocycles. The SMILES string of the molecule is CC1(C)C(c2c(O)c(Cl)c(Cl)c(Cl)cc2=O)=Nc2ccc3ccccc3c21. The van der Waals surface area contributed by atoms with E-state index in [-0.39, 0.29) is 20.6 Å². The molecule has 0 unspecified atom stereocenters. The Morgan fingerprint density at radius 1 is 1.00 bits per heavy atom. The fourth-order valence-electron chi connectivity index (χ4n) is 3.67. The number of hydrogen-bond donors (Lipinski definition) is 1. The summed E-state index contributed by atoms with van der Waals surface area (Å²) >= 11 is 18.2. The van der Waals surface area contributed by atoms with Crippen LogP contribution in [0.3, 0.4) is 0 Å². The normalized spacial score (nSPS) is 14.9. The summed E-state index contributed by atoms with van der Waals surface area (Å²) in [5, 5.41) is 12.5. The molecule has 1 N–H and O–H groups in total. The molecular weight excluding hydrogens is 405 g/mol. The van der Waals surface area contributed by atoms with E-state index in [4.69, 9.17) is 34.8 Å². The molecule has 0 aromatic heterocycles. The maximum atomic E-state index is 12.8. The topological polar surface area (TPSA) is 49.7 Å². The van der Waals surface area contributed by atoms with Crippen molar-refractivity contribution in [2.75, 3.05) is 0 Å². The zero-order valence-electron chi connectivity index (χ0n) is 14.5. The second-order valence-electron chi connectivity index (χ2n) is 6.97. The van der Waals surface area contributed by atoms with E-state index in [1.54, 1.807) is 0 Å². The van der Waals surface area contributed by atoms with E-state index in [1.165, 1.54) is 0 Å². The molecule has 3 aromatic rings. The van der Waals surface area contributed by atoms with Crippen LogP contribution in [-0.4, -0.2) is 10.8 Å². The number of hydrogen-bond acceptors (Lipinski definition) is 3. The molecule has 0 fully saturated rings. The van der Waals surface area contributed by atoms with E-state index >= 15 is 0 Å². The lowest BCUT2D eigenvalue weighted by atomic mass is 9.77. The first-order chi connectivity index (χ1) is 12.7. The monoisotopic (exact) mass is 417 g/mol. The third kappa shape index (κ3) is 2.65. The summed E-state index contributed by atoms with van der Waals surface area (Å²) in [5.41, 5.74) is 1.07. The predicted molar refractivity (Wildman–Crippen MR) is 113 cm³/mol. The van der Waals surface area contributed by atoms with E-state index in [9.17, 15) is 9.90 Å². The number of nitrogens with zero attached hydrogens (tertiary/aromatic N) is 1. The highest BCUT2D eigenvalue weighted by molar-refractivity contribution is 6.48. The van der Waals surface area contributed by atoms with Gasteiger partial charge in [-0.05, 0) is 22.4 Å². The number of rotatable bonds is 1. The van der Waals surface area contributed by atoms with Crippen molar-refractivity contribution in [1.29, 1.82) is 0 Å². The van der Waals surface area contributed by atoms with Crippen LogP contribution in [0.1, 0.15) is 25.0 Å². The molecule has 1 aliphatic rings. The van der Waals surface area contributed by atoms with Crippen LogP contribution < -0.4 is 5.43 Å². The van der Waals surface area contributed by atoms with E-state index in [0.29, 0.717) is 5.71 Å². The van der Waals surface area contributed by atoms with Crippen molar-refractivity contribution in [3.8, 4) is 5.75 Å². The average molecular weight is 419 g/mol. The first-order valence-corrected chi connectivity index (χ1v) is 9.39. The Morgan fingerprint density at radius 3 is 2.44 bits per heavy atom. The molecule has 0 saturated carbocycles. The Bertz CT molecular complexity index is 1220. The lowest BCUT2D eigenvalue weighted by Gasteiger charge is -2.23. The third-order valence-corrected chi connectivity index (χ3v) is 6.20. The quantitative estimate of drug-likeness (QED) is 0.506. The van der Waals surface area contributed by atoms with E-state index in [2.05, 4.69) is 4.99 Å². The molecule has 6 heteroatoms.